The molecule has 172 valence electrons. The molecule has 0 saturated carbocycles. The van der Waals surface area contributed by atoms with Crippen LogP contribution in [0.3, 0.4) is 0 Å². The Kier molecular flexibility index (Phi) is 8.72. The SMILES string of the molecule is CN=C(NCc1cccc(CN2CCCC(C(N)=O)C2)c1)N1CCN(CC(C)C)CC1. The lowest BCUT2D eigenvalue weighted by Crippen LogP contribution is -2.52. The lowest BCUT2D eigenvalue weighted by Gasteiger charge is -2.37. The molecule has 1 atom stereocenters. The number of nitrogens with two attached hydrogens (primary N) is 1. The molecule has 0 radical (unpaired) electrons. The van der Waals surface area contributed by atoms with Crippen molar-refractivity contribution in [3.05, 3.63) is 35.4 Å². The molecule has 1 amide bonds. The van der Waals surface area contributed by atoms with E-state index < -0.39 is 0 Å². The largest absolute Gasteiger partial charge is 0.369 e. The van der Waals surface area contributed by atoms with Gasteiger partial charge >= 0.3 is 0 Å². The van der Waals surface area contributed by atoms with Gasteiger partial charge < -0.3 is 16.0 Å². The van der Waals surface area contributed by atoms with Crippen LogP contribution in [0.25, 0.3) is 0 Å². The average Bonchev–Trinajstić information content (AvgIpc) is 2.75. The second kappa shape index (κ2) is 11.5. The molecule has 2 aliphatic heterocycles. The van der Waals surface area contributed by atoms with Gasteiger partial charge in [-0.3, -0.25) is 19.6 Å². The Bertz CT molecular complexity index is 741. The third kappa shape index (κ3) is 7.21. The number of likely N-dealkylation sites (tertiary alicyclic amines) is 1. The molecule has 7 nitrogen and oxygen atoms in total. The van der Waals surface area contributed by atoms with Crippen LogP contribution in [0.15, 0.2) is 29.3 Å². The van der Waals surface area contributed by atoms with Gasteiger partial charge in [-0.05, 0) is 36.4 Å². The maximum absolute atomic E-state index is 11.5. The third-order valence-electron chi connectivity index (χ3n) is 6.26. The van der Waals surface area contributed by atoms with Crippen LogP contribution >= 0.6 is 0 Å². The molecule has 1 aromatic rings. The van der Waals surface area contributed by atoms with Gasteiger partial charge in [-0.15, -0.1) is 0 Å². The number of piperidine rings is 1. The van der Waals surface area contributed by atoms with Crippen molar-refractivity contribution >= 4 is 11.9 Å². The quantitative estimate of drug-likeness (QED) is 0.511. The first-order valence-corrected chi connectivity index (χ1v) is 11.7. The molecule has 0 aromatic heterocycles. The van der Waals surface area contributed by atoms with Crippen molar-refractivity contribution in [2.75, 3.05) is 52.9 Å². The lowest BCUT2D eigenvalue weighted by atomic mass is 9.97. The second-order valence-electron chi connectivity index (χ2n) is 9.38. The highest BCUT2D eigenvalue weighted by molar-refractivity contribution is 5.80. The molecule has 0 spiro atoms. The topological polar surface area (TPSA) is 77.2 Å². The van der Waals surface area contributed by atoms with E-state index >= 15 is 0 Å². The fourth-order valence-electron chi connectivity index (χ4n) is 4.70. The molecule has 2 saturated heterocycles. The third-order valence-corrected chi connectivity index (χ3v) is 6.26. The lowest BCUT2D eigenvalue weighted by molar-refractivity contribution is -0.123. The predicted molar refractivity (Wildman–Crippen MR) is 127 cm³/mol. The molecule has 0 aliphatic carbocycles. The van der Waals surface area contributed by atoms with E-state index in [9.17, 15) is 4.79 Å². The number of hydrogen-bond acceptors (Lipinski definition) is 4. The molecule has 31 heavy (non-hydrogen) atoms. The molecule has 1 unspecified atom stereocenters. The highest BCUT2D eigenvalue weighted by Crippen LogP contribution is 2.19. The number of piperazine rings is 1. The fourth-order valence-corrected chi connectivity index (χ4v) is 4.70. The average molecular weight is 429 g/mol. The monoisotopic (exact) mass is 428 g/mol. The predicted octanol–water partition coefficient (Wildman–Crippen LogP) is 1.73. The van der Waals surface area contributed by atoms with Crippen molar-refractivity contribution in [1.82, 2.24) is 20.0 Å². The molecule has 2 fully saturated rings. The minimum atomic E-state index is -0.168. The number of guanidine groups is 1. The Morgan fingerprint density at radius 2 is 1.90 bits per heavy atom. The number of amides is 1. The highest BCUT2D eigenvalue weighted by atomic mass is 16.1. The number of rotatable bonds is 7. The highest BCUT2D eigenvalue weighted by Gasteiger charge is 2.24. The van der Waals surface area contributed by atoms with Gasteiger partial charge in [-0.2, -0.15) is 0 Å². The van der Waals surface area contributed by atoms with Crippen molar-refractivity contribution in [3.63, 3.8) is 0 Å². The molecule has 7 heteroatoms. The van der Waals surface area contributed by atoms with Crippen molar-refractivity contribution in [2.24, 2.45) is 22.6 Å². The van der Waals surface area contributed by atoms with Gasteiger partial charge in [0.25, 0.3) is 0 Å². The first-order valence-electron chi connectivity index (χ1n) is 11.7. The maximum Gasteiger partial charge on any atom is 0.221 e. The number of carbonyl (C=O) groups is 1. The van der Waals surface area contributed by atoms with Crippen LogP contribution in [0.4, 0.5) is 0 Å². The zero-order chi connectivity index (χ0) is 22.2. The summed E-state index contributed by atoms with van der Waals surface area (Å²) in [5, 5.41) is 3.55. The fraction of sp³-hybridized carbons (Fsp3) is 0.667. The smallest absolute Gasteiger partial charge is 0.221 e. The van der Waals surface area contributed by atoms with Gasteiger partial charge in [-0.1, -0.05) is 38.1 Å². The number of primary amides is 1. The molecule has 1 aromatic carbocycles. The van der Waals surface area contributed by atoms with Gasteiger partial charge in [0.1, 0.15) is 0 Å². The van der Waals surface area contributed by atoms with Crippen LogP contribution in [0.5, 0.6) is 0 Å². The molecular weight excluding hydrogens is 388 g/mol. The van der Waals surface area contributed by atoms with Gasteiger partial charge in [0.15, 0.2) is 5.96 Å². The van der Waals surface area contributed by atoms with E-state index in [1.165, 1.54) is 17.7 Å². The Labute approximate surface area is 187 Å². The van der Waals surface area contributed by atoms with Crippen molar-refractivity contribution in [1.29, 1.82) is 0 Å². The van der Waals surface area contributed by atoms with Crippen LogP contribution in [0.1, 0.15) is 37.8 Å². The second-order valence-corrected chi connectivity index (χ2v) is 9.38. The summed E-state index contributed by atoms with van der Waals surface area (Å²) in [6, 6.07) is 8.71. The van der Waals surface area contributed by atoms with Crippen LogP contribution in [-0.2, 0) is 17.9 Å². The van der Waals surface area contributed by atoms with Gasteiger partial charge in [0.2, 0.25) is 5.91 Å². The normalized spacial score (nSPS) is 21.5. The number of benzene rings is 1. The van der Waals surface area contributed by atoms with E-state index in [-0.39, 0.29) is 11.8 Å². The van der Waals surface area contributed by atoms with E-state index in [2.05, 4.69) is 63.1 Å². The zero-order valence-corrected chi connectivity index (χ0v) is 19.5. The zero-order valence-electron chi connectivity index (χ0n) is 19.5. The molecule has 2 aliphatic rings. The summed E-state index contributed by atoms with van der Waals surface area (Å²) in [7, 11) is 1.87. The first kappa shape index (κ1) is 23.5. The van der Waals surface area contributed by atoms with E-state index in [0.29, 0.717) is 5.92 Å². The summed E-state index contributed by atoms with van der Waals surface area (Å²) < 4.78 is 0. The van der Waals surface area contributed by atoms with E-state index in [1.807, 2.05) is 7.05 Å². The van der Waals surface area contributed by atoms with Crippen molar-refractivity contribution in [2.45, 2.75) is 39.8 Å². The Morgan fingerprint density at radius 3 is 2.58 bits per heavy atom. The van der Waals surface area contributed by atoms with Crippen molar-refractivity contribution in [3.8, 4) is 0 Å². The number of carbonyl (C=O) groups excluding carboxylic acids is 1. The van der Waals surface area contributed by atoms with E-state index in [1.54, 1.807) is 0 Å². The van der Waals surface area contributed by atoms with Crippen molar-refractivity contribution < 1.29 is 4.79 Å². The Morgan fingerprint density at radius 1 is 1.16 bits per heavy atom. The molecule has 0 bridgehead atoms. The summed E-state index contributed by atoms with van der Waals surface area (Å²) in [4.78, 5) is 23.3. The van der Waals surface area contributed by atoms with E-state index in [4.69, 9.17) is 5.73 Å². The van der Waals surface area contributed by atoms with Crippen LogP contribution in [0.2, 0.25) is 0 Å². The van der Waals surface area contributed by atoms with Crippen LogP contribution in [-0.4, -0.2) is 79.4 Å². The maximum atomic E-state index is 11.5. The number of nitrogens with zero attached hydrogens (tertiary/aromatic N) is 4. The Balaban J connectivity index is 1.49. The summed E-state index contributed by atoms with van der Waals surface area (Å²) in [5.41, 5.74) is 8.06. The van der Waals surface area contributed by atoms with Gasteiger partial charge in [0, 0.05) is 59.4 Å². The summed E-state index contributed by atoms with van der Waals surface area (Å²) >= 11 is 0. The first-order chi connectivity index (χ1) is 14.9. The molecule has 3 N–H and O–H groups in total. The molecular formula is C24H40N6O. The van der Waals surface area contributed by atoms with Crippen LogP contribution < -0.4 is 11.1 Å². The summed E-state index contributed by atoms with van der Waals surface area (Å²) in [6.45, 7) is 13.4. The minimum absolute atomic E-state index is 0.0112. The molecule has 2 heterocycles. The standard InChI is InChI=1S/C24H40N6O/c1-19(2)16-28-10-12-30(13-11-28)24(26-3)27-15-20-6-4-7-21(14-20)17-29-9-5-8-22(18-29)23(25)31/h4,6-7,14,19,22H,5,8-13,15-18H2,1-3H3,(H2,25,31)(H,26,27). The Hall–Kier alpha value is -2.12. The van der Waals surface area contributed by atoms with Crippen LogP contribution in [0, 0.1) is 11.8 Å². The summed E-state index contributed by atoms with van der Waals surface area (Å²) in [5.74, 6) is 1.51. The summed E-state index contributed by atoms with van der Waals surface area (Å²) in [6.07, 6.45) is 1.95. The minimum Gasteiger partial charge on any atom is -0.369 e. The van der Waals surface area contributed by atoms with Gasteiger partial charge in [0.05, 0.1) is 5.92 Å². The van der Waals surface area contributed by atoms with E-state index in [0.717, 1.165) is 71.2 Å². The molecule has 3 rings (SSSR count). The van der Waals surface area contributed by atoms with Gasteiger partial charge in [-0.25, -0.2) is 0 Å². The number of hydrogen-bond donors (Lipinski definition) is 2. The number of nitrogens with one attached hydrogen (secondary N) is 1. The number of aliphatic imine (C=N–C) groups is 1.